The Balaban J connectivity index is 2.24. The van der Waals surface area contributed by atoms with Gasteiger partial charge in [-0.15, -0.1) is 11.8 Å². The zero-order valence-electron chi connectivity index (χ0n) is 13.3. The fourth-order valence-corrected chi connectivity index (χ4v) is 2.96. The Morgan fingerprint density at radius 3 is 2.57 bits per heavy atom. The zero-order valence-corrected chi connectivity index (χ0v) is 14.1. The van der Waals surface area contributed by atoms with Gasteiger partial charge in [-0.2, -0.15) is 5.26 Å². The van der Waals surface area contributed by atoms with E-state index in [1.807, 2.05) is 20.1 Å². The average Bonchev–Trinajstić information content (AvgIpc) is 2.53. The molecule has 0 atom stereocenters. The number of carbonyl (C=O) groups is 1. The van der Waals surface area contributed by atoms with Gasteiger partial charge in [-0.25, -0.2) is 4.98 Å². The number of nitrogens with one attached hydrogen (secondary N) is 1. The minimum atomic E-state index is -0.149. The van der Waals surface area contributed by atoms with Gasteiger partial charge in [0.25, 0.3) is 0 Å². The van der Waals surface area contributed by atoms with Crippen LogP contribution in [0.5, 0.6) is 0 Å². The summed E-state index contributed by atoms with van der Waals surface area (Å²) < 4.78 is 0. The van der Waals surface area contributed by atoms with E-state index in [1.165, 1.54) is 11.8 Å². The van der Waals surface area contributed by atoms with Gasteiger partial charge in [-0.05, 0) is 55.5 Å². The molecule has 6 heteroatoms. The van der Waals surface area contributed by atoms with E-state index in [4.69, 9.17) is 5.73 Å². The highest BCUT2D eigenvalue weighted by molar-refractivity contribution is 7.98. The third-order valence-corrected chi connectivity index (χ3v) is 4.27. The molecule has 1 aromatic heterocycles. The second kappa shape index (κ2) is 7.16. The van der Waals surface area contributed by atoms with Crippen LogP contribution in [0.4, 0.5) is 11.4 Å². The summed E-state index contributed by atoms with van der Waals surface area (Å²) in [4.78, 5) is 16.7. The number of nitriles is 1. The molecule has 0 aliphatic carbocycles. The van der Waals surface area contributed by atoms with Crippen LogP contribution in [0.2, 0.25) is 0 Å². The molecule has 1 heterocycles. The van der Waals surface area contributed by atoms with Crippen LogP contribution in [0, 0.1) is 25.2 Å². The van der Waals surface area contributed by atoms with Crippen LogP contribution < -0.4 is 11.1 Å². The fraction of sp³-hybridized carbons (Fsp3) is 0.235. The molecule has 23 heavy (non-hydrogen) atoms. The molecule has 3 N–H and O–H groups in total. The van der Waals surface area contributed by atoms with Crippen LogP contribution in [-0.4, -0.2) is 17.1 Å². The maximum absolute atomic E-state index is 12.3. The van der Waals surface area contributed by atoms with Crippen molar-refractivity contribution in [1.82, 2.24) is 4.98 Å². The number of hydrogen-bond acceptors (Lipinski definition) is 5. The molecule has 0 aliphatic heterocycles. The zero-order chi connectivity index (χ0) is 17.0. The predicted molar refractivity (Wildman–Crippen MR) is 93.4 cm³/mol. The quantitative estimate of drug-likeness (QED) is 0.665. The lowest BCUT2D eigenvalue weighted by molar-refractivity contribution is -0.115. The molecule has 1 aromatic carbocycles. The number of nitrogens with zero attached hydrogens (tertiary/aromatic N) is 2. The number of anilines is 2. The lowest BCUT2D eigenvalue weighted by Crippen LogP contribution is -2.17. The summed E-state index contributed by atoms with van der Waals surface area (Å²) in [6.07, 6.45) is 2.06. The van der Waals surface area contributed by atoms with Crippen molar-refractivity contribution in [1.29, 1.82) is 5.26 Å². The Hall–Kier alpha value is -2.52. The molecule has 0 bridgehead atoms. The topological polar surface area (TPSA) is 91.8 Å². The third-order valence-electron chi connectivity index (χ3n) is 3.58. The van der Waals surface area contributed by atoms with Crippen molar-refractivity contribution in [3.05, 3.63) is 46.6 Å². The number of amides is 1. The number of nitrogens with two attached hydrogens (primary N) is 1. The third kappa shape index (κ3) is 3.82. The average molecular weight is 326 g/mol. The monoisotopic (exact) mass is 326 g/mol. The predicted octanol–water partition coefficient (Wildman–Crippen LogP) is 3.06. The number of pyridine rings is 1. The highest BCUT2D eigenvalue weighted by Crippen LogP contribution is 2.25. The Bertz CT molecular complexity index is 779. The van der Waals surface area contributed by atoms with Crippen LogP contribution in [0.25, 0.3) is 0 Å². The summed E-state index contributed by atoms with van der Waals surface area (Å²) in [5.74, 6) is -0.149. The highest BCUT2D eigenvalue weighted by atomic mass is 32.2. The van der Waals surface area contributed by atoms with Gasteiger partial charge >= 0.3 is 0 Å². The van der Waals surface area contributed by atoms with Gasteiger partial charge in [0.1, 0.15) is 11.1 Å². The van der Waals surface area contributed by atoms with E-state index < -0.39 is 0 Å². The van der Waals surface area contributed by atoms with Gasteiger partial charge in [0.05, 0.1) is 12.0 Å². The maximum atomic E-state index is 12.3. The molecule has 0 aliphatic rings. The molecule has 0 radical (unpaired) electrons. The molecule has 5 nitrogen and oxygen atoms in total. The number of nitrogen functional groups attached to an aromatic ring is 1. The van der Waals surface area contributed by atoms with Crippen molar-refractivity contribution in [2.24, 2.45) is 0 Å². The van der Waals surface area contributed by atoms with E-state index in [1.54, 1.807) is 24.3 Å². The van der Waals surface area contributed by atoms with E-state index in [0.717, 1.165) is 16.8 Å². The van der Waals surface area contributed by atoms with Crippen molar-refractivity contribution in [2.45, 2.75) is 25.3 Å². The lowest BCUT2D eigenvalue weighted by atomic mass is 10.0. The van der Waals surface area contributed by atoms with Crippen molar-refractivity contribution in [2.75, 3.05) is 17.3 Å². The summed E-state index contributed by atoms with van der Waals surface area (Å²) in [7, 11) is 0. The molecule has 2 rings (SSSR count). The molecule has 0 saturated heterocycles. The van der Waals surface area contributed by atoms with Gasteiger partial charge in [-0.1, -0.05) is 0 Å². The minimum absolute atomic E-state index is 0.149. The summed E-state index contributed by atoms with van der Waals surface area (Å²) in [6.45, 7) is 3.72. The Morgan fingerprint density at radius 1 is 1.35 bits per heavy atom. The first-order valence-corrected chi connectivity index (χ1v) is 8.28. The molecule has 0 saturated carbocycles. The van der Waals surface area contributed by atoms with E-state index in [2.05, 4.69) is 16.4 Å². The van der Waals surface area contributed by atoms with Crippen LogP contribution in [-0.2, 0) is 11.2 Å². The van der Waals surface area contributed by atoms with Crippen molar-refractivity contribution < 1.29 is 4.79 Å². The van der Waals surface area contributed by atoms with Gasteiger partial charge in [-0.3, -0.25) is 4.79 Å². The number of rotatable bonds is 4. The number of carbonyl (C=O) groups excluding carboxylic acids is 1. The van der Waals surface area contributed by atoms with Crippen LogP contribution in [0.1, 0.15) is 22.4 Å². The summed E-state index contributed by atoms with van der Waals surface area (Å²) in [5.41, 5.74) is 9.89. The highest BCUT2D eigenvalue weighted by Gasteiger charge is 2.16. The molecule has 0 fully saturated rings. The molecule has 2 aromatic rings. The molecule has 0 unspecified atom stereocenters. The number of thioether (sulfide) groups is 1. The maximum Gasteiger partial charge on any atom is 0.228 e. The molecular formula is C17H18N4OS. The van der Waals surface area contributed by atoms with Gasteiger partial charge in [0.2, 0.25) is 5.91 Å². The first-order valence-electron chi connectivity index (χ1n) is 7.05. The van der Waals surface area contributed by atoms with E-state index in [-0.39, 0.29) is 12.3 Å². The SMILES string of the molecule is CSc1nc(C)c(CC(=O)Nc2ccc(N)cc2)c(C)c1C#N. The van der Waals surface area contributed by atoms with Crippen LogP contribution in [0.3, 0.4) is 0 Å². The van der Waals surface area contributed by atoms with Crippen molar-refractivity contribution in [3.8, 4) is 6.07 Å². The molecule has 1 amide bonds. The molecule has 118 valence electrons. The molecular weight excluding hydrogens is 308 g/mol. The second-order valence-corrected chi connectivity index (χ2v) is 5.94. The number of hydrogen-bond donors (Lipinski definition) is 2. The Morgan fingerprint density at radius 2 is 2.00 bits per heavy atom. The first-order chi connectivity index (χ1) is 11.0. The summed E-state index contributed by atoms with van der Waals surface area (Å²) in [5, 5.41) is 12.9. The van der Waals surface area contributed by atoms with E-state index in [0.29, 0.717) is 22.0 Å². The van der Waals surface area contributed by atoms with E-state index in [9.17, 15) is 10.1 Å². The van der Waals surface area contributed by atoms with Crippen LogP contribution in [0.15, 0.2) is 29.3 Å². The standard InChI is InChI=1S/C17H18N4OS/c1-10-14(11(2)20-17(23-3)15(10)9-18)8-16(22)21-13-6-4-12(19)5-7-13/h4-7H,8,19H2,1-3H3,(H,21,22). The summed E-state index contributed by atoms with van der Waals surface area (Å²) in [6, 6.07) is 9.15. The normalized spacial score (nSPS) is 10.2. The number of aromatic nitrogens is 1. The van der Waals surface area contributed by atoms with Crippen molar-refractivity contribution in [3.63, 3.8) is 0 Å². The first kappa shape index (κ1) is 16.8. The number of benzene rings is 1. The second-order valence-electron chi connectivity index (χ2n) is 5.14. The summed E-state index contributed by atoms with van der Waals surface area (Å²) >= 11 is 1.43. The Labute approximate surface area is 139 Å². The van der Waals surface area contributed by atoms with Gasteiger partial charge < -0.3 is 11.1 Å². The fourth-order valence-electron chi connectivity index (χ4n) is 2.33. The minimum Gasteiger partial charge on any atom is -0.399 e. The van der Waals surface area contributed by atoms with Gasteiger partial charge in [0.15, 0.2) is 0 Å². The Kier molecular flexibility index (Phi) is 5.24. The number of aryl methyl sites for hydroxylation is 1. The van der Waals surface area contributed by atoms with Crippen molar-refractivity contribution >= 4 is 29.0 Å². The smallest absolute Gasteiger partial charge is 0.228 e. The van der Waals surface area contributed by atoms with Gasteiger partial charge in [0, 0.05) is 17.1 Å². The molecule has 0 spiro atoms. The largest absolute Gasteiger partial charge is 0.399 e. The van der Waals surface area contributed by atoms with E-state index >= 15 is 0 Å². The lowest BCUT2D eigenvalue weighted by Gasteiger charge is -2.13. The van der Waals surface area contributed by atoms with Crippen LogP contribution >= 0.6 is 11.8 Å².